The third kappa shape index (κ3) is 4.86. The summed E-state index contributed by atoms with van der Waals surface area (Å²) in [5.74, 6) is 0.488. The van der Waals surface area contributed by atoms with Crippen molar-refractivity contribution in [3.63, 3.8) is 0 Å². The van der Waals surface area contributed by atoms with Crippen molar-refractivity contribution >= 4 is 40.2 Å². The second-order valence-corrected chi connectivity index (χ2v) is 8.09. The van der Waals surface area contributed by atoms with Gasteiger partial charge in [0.05, 0.1) is 25.6 Å². The fourth-order valence-corrected chi connectivity index (χ4v) is 4.06. The van der Waals surface area contributed by atoms with Crippen molar-refractivity contribution in [2.75, 3.05) is 19.0 Å². The average Bonchev–Trinajstić information content (AvgIpc) is 3.10. The molecular weight excluding hydrogens is 436 g/mol. The van der Waals surface area contributed by atoms with E-state index in [9.17, 15) is 4.79 Å². The van der Waals surface area contributed by atoms with Crippen LogP contribution < -0.4 is 15.5 Å². The lowest BCUT2D eigenvalue weighted by Gasteiger charge is -2.14. The lowest BCUT2D eigenvalue weighted by molar-refractivity contribution is -0.119. The number of hydrazone groups is 1. The molecule has 2 N–H and O–H groups in total. The third-order valence-corrected chi connectivity index (χ3v) is 5.71. The number of anilines is 1. The first-order valence-corrected chi connectivity index (χ1v) is 10.9. The van der Waals surface area contributed by atoms with Crippen LogP contribution in [0.25, 0.3) is 16.5 Å². The van der Waals surface area contributed by atoms with Gasteiger partial charge in [-0.1, -0.05) is 48.0 Å². The van der Waals surface area contributed by atoms with Crippen molar-refractivity contribution in [1.82, 2.24) is 9.99 Å². The number of fused-ring (bicyclic) bond motifs is 1. The molecule has 4 aromatic rings. The predicted octanol–water partition coefficient (Wildman–Crippen LogP) is 5.47. The summed E-state index contributed by atoms with van der Waals surface area (Å²) < 4.78 is 7.55. The van der Waals surface area contributed by atoms with Crippen LogP contribution in [0.15, 0.2) is 71.8 Å². The SMILES string of the molecule is COc1ccc(Cl)cc1-n1c(C)cc(/C=N\NC(=O)CNc2cccc3ccccc23)c1C. The molecular formula is C26H25ClN4O2. The Labute approximate surface area is 197 Å². The number of methoxy groups -OCH3 is 1. The summed E-state index contributed by atoms with van der Waals surface area (Å²) in [5.41, 5.74) is 7.19. The second kappa shape index (κ2) is 9.79. The molecule has 1 amide bonds. The van der Waals surface area contributed by atoms with E-state index in [2.05, 4.69) is 20.4 Å². The van der Waals surface area contributed by atoms with Crippen molar-refractivity contribution in [2.45, 2.75) is 13.8 Å². The van der Waals surface area contributed by atoms with Crippen LogP contribution in [-0.2, 0) is 4.79 Å². The van der Waals surface area contributed by atoms with Crippen LogP contribution in [0, 0.1) is 13.8 Å². The predicted molar refractivity (Wildman–Crippen MR) is 135 cm³/mol. The van der Waals surface area contributed by atoms with Gasteiger partial charge in [-0.2, -0.15) is 5.10 Å². The zero-order valence-corrected chi connectivity index (χ0v) is 19.5. The number of benzene rings is 3. The van der Waals surface area contributed by atoms with Crippen molar-refractivity contribution < 1.29 is 9.53 Å². The molecule has 0 atom stereocenters. The lowest BCUT2D eigenvalue weighted by atomic mass is 10.1. The smallest absolute Gasteiger partial charge is 0.259 e. The molecule has 1 heterocycles. The number of aryl methyl sites for hydroxylation is 1. The number of nitrogens with one attached hydrogen (secondary N) is 2. The standard InChI is InChI=1S/C26H25ClN4O2/c1-17-13-20(18(2)31(17)24-14-21(27)11-12-25(24)33-3)15-29-30-26(32)16-28-23-10-6-8-19-7-4-5-9-22(19)23/h4-15,28H,16H2,1-3H3,(H,30,32)/b29-15-. The summed E-state index contributed by atoms with van der Waals surface area (Å²) in [4.78, 5) is 12.3. The summed E-state index contributed by atoms with van der Waals surface area (Å²) in [5, 5.41) is 10.1. The largest absolute Gasteiger partial charge is 0.495 e. The summed E-state index contributed by atoms with van der Waals surface area (Å²) in [6.07, 6.45) is 1.64. The molecule has 4 rings (SSSR count). The number of aromatic nitrogens is 1. The number of nitrogens with zero attached hydrogens (tertiary/aromatic N) is 2. The number of rotatable bonds is 7. The van der Waals surface area contributed by atoms with Crippen LogP contribution in [0.1, 0.15) is 17.0 Å². The minimum atomic E-state index is -0.232. The van der Waals surface area contributed by atoms with Crippen LogP contribution in [0.3, 0.4) is 0 Å². The van der Waals surface area contributed by atoms with Crippen molar-refractivity contribution in [2.24, 2.45) is 5.10 Å². The minimum Gasteiger partial charge on any atom is -0.495 e. The molecule has 0 radical (unpaired) electrons. The van der Waals surface area contributed by atoms with Gasteiger partial charge in [-0.3, -0.25) is 4.79 Å². The van der Waals surface area contributed by atoms with E-state index in [1.54, 1.807) is 19.4 Å². The average molecular weight is 461 g/mol. The Hall–Kier alpha value is -3.77. The summed E-state index contributed by atoms with van der Waals surface area (Å²) in [6, 6.07) is 21.5. The van der Waals surface area contributed by atoms with E-state index in [1.165, 1.54) is 0 Å². The highest BCUT2D eigenvalue weighted by Gasteiger charge is 2.14. The van der Waals surface area contributed by atoms with Gasteiger partial charge in [0.15, 0.2) is 0 Å². The number of carbonyl (C=O) groups excluding carboxylic acids is 1. The highest BCUT2D eigenvalue weighted by molar-refractivity contribution is 6.30. The molecule has 0 fully saturated rings. The van der Waals surface area contributed by atoms with Gasteiger partial charge in [0.25, 0.3) is 5.91 Å². The molecule has 0 aliphatic heterocycles. The first-order chi connectivity index (χ1) is 16.0. The van der Waals surface area contributed by atoms with E-state index in [-0.39, 0.29) is 12.5 Å². The number of carbonyl (C=O) groups is 1. The van der Waals surface area contributed by atoms with Crippen LogP contribution in [0.4, 0.5) is 5.69 Å². The first-order valence-electron chi connectivity index (χ1n) is 10.5. The number of hydrogen-bond donors (Lipinski definition) is 2. The van der Waals surface area contributed by atoms with Gasteiger partial charge in [-0.15, -0.1) is 0 Å². The van der Waals surface area contributed by atoms with E-state index < -0.39 is 0 Å². The molecule has 0 unspecified atom stereocenters. The number of ether oxygens (including phenoxy) is 1. The van der Waals surface area contributed by atoms with Gasteiger partial charge < -0.3 is 14.6 Å². The maximum absolute atomic E-state index is 12.3. The molecule has 33 heavy (non-hydrogen) atoms. The molecule has 0 saturated heterocycles. The molecule has 7 heteroatoms. The van der Waals surface area contributed by atoms with Crippen LogP contribution in [0.5, 0.6) is 5.75 Å². The molecule has 0 spiro atoms. The number of amides is 1. The molecule has 1 aromatic heterocycles. The Morgan fingerprint density at radius 2 is 1.88 bits per heavy atom. The summed E-state index contributed by atoms with van der Waals surface area (Å²) in [7, 11) is 1.63. The Morgan fingerprint density at radius 1 is 1.09 bits per heavy atom. The Bertz CT molecular complexity index is 1340. The fraction of sp³-hybridized carbons (Fsp3) is 0.154. The molecule has 0 aliphatic carbocycles. The first kappa shape index (κ1) is 22.4. The van der Waals surface area contributed by atoms with Gasteiger partial charge in [-0.25, -0.2) is 5.43 Å². The van der Waals surface area contributed by atoms with Gasteiger partial charge in [0, 0.05) is 33.0 Å². The van der Waals surface area contributed by atoms with Gasteiger partial charge in [0.1, 0.15) is 5.75 Å². The molecule has 6 nitrogen and oxygen atoms in total. The maximum atomic E-state index is 12.3. The highest BCUT2D eigenvalue weighted by atomic mass is 35.5. The minimum absolute atomic E-state index is 0.115. The second-order valence-electron chi connectivity index (χ2n) is 7.65. The molecule has 0 aliphatic rings. The molecule has 0 saturated carbocycles. The monoisotopic (exact) mass is 460 g/mol. The van der Waals surface area contributed by atoms with E-state index in [1.807, 2.05) is 74.5 Å². The zero-order chi connectivity index (χ0) is 23.4. The molecule has 168 valence electrons. The Kier molecular flexibility index (Phi) is 6.66. The van der Waals surface area contributed by atoms with Crippen molar-refractivity contribution in [3.05, 3.63) is 88.7 Å². The van der Waals surface area contributed by atoms with Crippen LogP contribution in [0.2, 0.25) is 5.02 Å². The third-order valence-electron chi connectivity index (χ3n) is 5.47. The fourth-order valence-electron chi connectivity index (χ4n) is 3.90. The van der Waals surface area contributed by atoms with Gasteiger partial charge in [0.2, 0.25) is 0 Å². The molecule has 0 bridgehead atoms. The molecule has 3 aromatic carbocycles. The van der Waals surface area contributed by atoms with E-state index in [0.29, 0.717) is 5.02 Å². The van der Waals surface area contributed by atoms with Crippen LogP contribution in [-0.4, -0.2) is 30.3 Å². The van der Waals surface area contributed by atoms with E-state index in [0.717, 1.165) is 44.8 Å². The van der Waals surface area contributed by atoms with E-state index >= 15 is 0 Å². The van der Waals surface area contributed by atoms with Gasteiger partial charge in [-0.05, 0) is 49.6 Å². The normalized spacial score (nSPS) is 11.2. The zero-order valence-electron chi connectivity index (χ0n) is 18.7. The van der Waals surface area contributed by atoms with Crippen molar-refractivity contribution in [1.29, 1.82) is 0 Å². The highest BCUT2D eigenvalue weighted by Crippen LogP contribution is 2.30. The quantitative estimate of drug-likeness (QED) is 0.284. The lowest BCUT2D eigenvalue weighted by Crippen LogP contribution is -2.25. The Morgan fingerprint density at radius 3 is 2.70 bits per heavy atom. The number of halogens is 1. The Balaban J connectivity index is 1.44. The maximum Gasteiger partial charge on any atom is 0.259 e. The topological polar surface area (TPSA) is 67.6 Å². The summed E-state index contributed by atoms with van der Waals surface area (Å²) in [6.45, 7) is 4.10. The van der Waals surface area contributed by atoms with Crippen LogP contribution >= 0.6 is 11.6 Å². The number of hydrogen-bond acceptors (Lipinski definition) is 4. The summed E-state index contributed by atoms with van der Waals surface area (Å²) >= 11 is 6.21. The van der Waals surface area contributed by atoms with Crippen molar-refractivity contribution in [3.8, 4) is 11.4 Å². The van der Waals surface area contributed by atoms with E-state index in [4.69, 9.17) is 16.3 Å². The van der Waals surface area contributed by atoms with Gasteiger partial charge >= 0.3 is 0 Å².